The molecule has 0 atom stereocenters. The molecule has 0 bridgehead atoms. The van der Waals surface area contributed by atoms with Gasteiger partial charge in [0.1, 0.15) is 11.4 Å². The molecule has 7 nitrogen and oxygen atoms in total. The summed E-state index contributed by atoms with van der Waals surface area (Å²) in [7, 11) is 3.15. The zero-order valence-electron chi connectivity index (χ0n) is 15.4. The van der Waals surface area contributed by atoms with Gasteiger partial charge in [-0.15, -0.1) is 0 Å². The van der Waals surface area contributed by atoms with Gasteiger partial charge >= 0.3 is 5.97 Å². The molecule has 0 saturated heterocycles. The average Bonchev–Trinajstić information content (AvgIpc) is 3.47. The lowest BCUT2D eigenvalue weighted by molar-refractivity contribution is 0.0695. The van der Waals surface area contributed by atoms with E-state index in [4.69, 9.17) is 9.47 Å². The molecule has 0 radical (unpaired) electrons. The number of nitrogens with zero attached hydrogens (tertiary/aromatic N) is 2. The zero-order valence-corrected chi connectivity index (χ0v) is 15.4. The van der Waals surface area contributed by atoms with Crippen LogP contribution in [-0.4, -0.2) is 56.2 Å². The molecule has 1 fully saturated rings. The number of methoxy groups -OCH3 is 2. The second-order valence-electron chi connectivity index (χ2n) is 6.61. The minimum atomic E-state index is -1.30. The summed E-state index contributed by atoms with van der Waals surface area (Å²) in [5.41, 5.74) is -0.116. The van der Waals surface area contributed by atoms with E-state index in [9.17, 15) is 19.1 Å². The maximum Gasteiger partial charge on any atom is 0.341 e. The summed E-state index contributed by atoms with van der Waals surface area (Å²) in [6, 6.07) is 2.91. The van der Waals surface area contributed by atoms with E-state index in [1.54, 1.807) is 29.8 Å². The number of aromatic nitrogens is 1. The van der Waals surface area contributed by atoms with Crippen LogP contribution >= 0.6 is 0 Å². The van der Waals surface area contributed by atoms with Crippen LogP contribution < -0.4 is 10.3 Å². The summed E-state index contributed by atoms with van der Waals surface area (Å²) in [5, 5.41) is 9.40. The number of fused-ring (bicyclic) bond motifs is 1. The Morgan fingerprint density at radius 1 is 1.26 bits per heavy atom. The summed E-state index contributed by atoms with van der Waals surface area (Å²) in [6.07, 6.45) is 3.18. The zero-order chi connectivity index (χ0) is 19.6. The third-order valence-corrected chi connectivity index (χ3v) is 4.74. The molecular weight excluding hydrogens is 355 g/mol. The molecule has 146 valence electrons. The molecule has 1 aromatic carbocycles. The van der Waals surface area contributed by atoms with Gasteiger partial charge in [0.05, 0.1) is 24.4 Å². The maximum absolute atomic E-state index is 14.9. The molecule has 1 saturated carbocycles. The number of ether oxygens (including phenoxy) is 2. The Bertz CT molecular complexity index is 899. The van der Waals surface area contributed by atoms with Crippen LogP contribution in [0.3, 0.4) is 0 Å². The van der Waals surface area contributed by atoms with Gasteiger partial charge in [-0.05, 0) is 25.0 Å². The highest BCUT2D eigenvalue weighted by Gasteiger charge is 2.28. The first-order valence-electron chi connectivity index (χ1n) is 8.82. The summed E-state index contributed by atoms with van der Waals surface area (Å²) in [6.45, 7) is 1.75. The Hall–Kier alpha value is -2.45. The van der Waals surface area contributed by atoms with Crippen molar-refractivity contribution in [1.29, 1.82) is 0 Å². The van der Waals surface area contributed by atoms with E-state index in [0.29, 0.717) is 37.5 Å². The molecule has 2 aromatic rings. The van der Waals surface area contributed by atoms with Crippen molar-refractivity contribution in [3.8, 4) is 0 Å². The van der Waals surface area contributed by atoms with Crippen LogP contribution in [-0.2, 0) is 9.47 Å². The van der Waals surface area contributed by atoms with E-state index in [1.807, 2.05) is 0 Å². The van der Waals surface area contributed by atoms with Crippen molar-refractivity contribution in [2.45, 2.75) is 18.9 Å². The molecule has 1 aliphatic carbocycles. The Morgan fingerprint density at radius 3 is 2.41 bits per heavy atom. The van der Waals surface area contributed by atoms with Crippen LogP contribution in [0.4, 0.5) is 10.1 Å². The Morgan fingerprint density at radius 2 is 1.89 bits per heavy atom. The predicted octanol–water partition coefficient (Wildman–Crippen LogP) is 2.27. The number of carboxylic acid groups (broad SMARTS) is 1. The first-order valence-corrected chi connectivity index (χ1v) is 8.82. The summed E-state index contributed by atoms with van der Waals surface area (Å²) < 4.78 is 26.9. The molecule has 0 unspecified atom stereocenters. The highest BCUT2D eigenvalue weighted by Crippen LogP contribution is 2.38. The van der Waals surface area contributed by atoms with Gasteiger partial charge in [0.25, 0.3) is 0 Å². The van der Waals surface area contributed by atoms with E-state index < -0.39 is 17.2 Å². The number of pyridine rings is 1. The van der Waals surface area contributed by atoms with Crippen molar-refractivity contribution in [2.75, 3.05) is 45.4 Å². The second kappa shape index (κ2) is 8.06. The minimum Gasteiger partial charge on any atom is -0.477 e. The van der Waals surface area contributed by atoms with Gasteiger partial charge < -0.3 is 24.0 Å². The number of rotatable bonds is 9. The highest BCUT2D eigenvalue weighted by molar-refractivity contribution is 5.93. The Balaban J connectivity index is 2.16. The largest absolute Gasteiger partial charge is 0.477 e. The SMILES string of the molecule is COCCN(CCOC)c1cc2c(cc1F)c(=O)c(C(=O)O)cn2C1CC1. The Kier molecular flexibility index (Phi) is 5.76. The van der Waals surface area contributed by atoms with E-state index in [2.05, 4.69) is 0 Å². The number of benzene rings is 1. The molecule has 1 aromatic heterocycles. The van der Waals surface area contributed by atoms with Crippen molar-refractivity contribution in [1.82, 2.24) is 4.57 Å². The smallest absolute Gasteiger partial charge is 0.341 e. The topological polar surface area (TPSA) is 81.0 Å². The number of carbonyl (C=O) groups is 1. The standard InChI is InChI=1S/C19H23FN2O5/c1-26-7-5-21(6-8-27-2)17-10-16-13(9-15(17)20)18(23)14(19(24)25)11-22(16)12-3-4-12/h9-12H,3-8H2,1-2H3,(H,24,25). The lowest BCUT2D eigenvalue weighted by Gasteiger charge is -2.25. The Labute approximate surface area is 155 Å². The molecule has 0 aliphatic heterocycles. The quantitative estimate of drug-likeness (QED) is 0.721. The lowest BCUT2D eigenvalue weighted by atomic mass is 10.1. The monoisotopic (exact) mass is 378 g/mol. The number of hydrogen-bond acceptors (Lipinski definition) is 5. The minimum absolute atomic E-state index is 0.0847. The molecule has 1 N–H and O–H groups in total. The van der Waals surface area contributed by atoms with Crippen molar-refractivity contribution < 1.29 is 23.8 Å². The van der Waals surface area contributed by atoms with Gasteiger partial charge in [-0.3, -0.25) is 4.79 Å². The second-order valence-corrected chi connectivity index (χ2v) is 6.61. The molecular formula is C19H23FN2O5. The molecule has 1 aliphatic rings. The average molecular weight is 378 g/mol. The number of anilines is 1. The lowest BCUT2D eigenvalue weighted by Crippen LogP contribution is -2.31. The molecule has 0 amide bonds. The normalized spacial score (nSPS) is 13.9. The van der Waals surface area contributed by atoms with Gasteiger partial charge in [-0.2, -0.15) is 0 Å². The third-order valence-electron chi connectivity index (χ3n) is 4.74. The van der Waals surface area contributed by atoms with Crippen LogP contribution in [0, 0.1) is 5.82 Å². The fraction of sp³-hybridized carbons (Fsp3) is 0.474. The van der Waals surface area contributed by atoms with E-state index in [0.717, 1.165) is 18.9 Å². The molecule has 0 spiro atoms. The molecule has 27 heavy (non-hydrogen) atoms. The van der Waals surface area contributed by atoms with Crippen LogP contribution in [0.1, 0.15) is 29.2 Å². The van der Waals surface area contributed by atoms with E-state index in [1.165, 1.54) is 6.20 Å². The highest BCUT2D eigenvalue weighted by atomic mass is 19.1. The number of aromatic carboxylic acids is 1. The summed E-state index contributed by atoms with van der Waals surface area (Å²) >= 11 is 0. The fourth-order valence-corrected chi connectivity index (χ4v) is 3.16. The fourth-order valence-electron chi connectivity index (χ4n) is 3.16. The van der Waals surface area contributed by atoms with Crippen molar-refractivity contribution in [2.24, 2.45) is 0 Å². The van der Waals surface area contributed by atoms with Crippen molar-refractivity contribution in [3.05, 3.63) is 39.9 Å². The summed E-state index contributed by atoms with van der Waals surface area (Å²) in [5.74, 6) is -1.88. The van der Waals surface area contributed by atoms with E-state index >= 15 is 0 Å². The molecule has 8 heteroatoms. The van der Waals surface area contributed by atoms with Crippen molar-refractivity contribution in [3.63, 3.8) is 0 Å². The van der Waals surface area contributed by atoms with Gasteiger partial charge in [-0.25, -0.2) is 9.18 Å². The van der Waals surface area contributed by atoms with Crippen LogP contribution in [0.2, 0.25) is 0 Å². The number of halogens is 1. The third kappa shape index (κ3) is 3.96. The molecule has 1 heterocycles. The van der Waals surface area contributed by atoms with E-state index in [-0.39, 0.29) is 17.0 Å². The number of hydrogen-bond donors (Lipinski definition) is 1. The van der Waals surface area contributed by atoms with Crippen LogP contribution in [0.25, 0.3) is 10.9 Å². The number of carboxylic acids is 1. The molecule has 3 rings (SSSR count). The van der Waals surface area contributed by atoms with Gasteiger partial charge in [0.2, 0.25) is 5.43 Å². The summed E-state index contributed by atoms with van der Waals surface area (Å²) in [4.78, 5) is 25.7. The van der Waals surface area contributed by atoms with Gasteiger partial charge in [0.15, 0.2) is 0 Å². The van der Waals surface area contributed by atoms with Crippen LogP contribution in [0.15, 0.2) is 23.1 Å². The van der Waals surface area contributed by atoms with Crippen molar-refractivity contribution >= 4 is 22.6 Å². The first kappa shape index (κ1) is 19.3. The predicted molar refractivity (Wildman–Crippen MR) is 99.4 cm³/mol. The van der Waals surface area contributed by atoms with Crippen LogP contribution in [0.5, 0.6) is 0 Å². The van der Waals surface area contributed by atoms with Gasteiger partial charge in [0, 0.05) is 44.9 Å². The maximum atomic E-state index is 14.9. The van der Waals surface area contributed by atoms with Gasteiger partial charge in [-0.1, -0.05) is 0 Å². The first-order chi connectivity index (χ1) is 13.0.